The molecule has 128 valence electrons. The van der Waals surface area contributed by atoms with E-state index in [-0.39, 0.29) is 24.7 Å². The van der Waals surface area contributed by atoms with Gasteiger partial charge in [0.25, 0.3) is 5.91 Å². The Balaban J connectivity index is 2.35. The zero-order valence-corrected chi connectivity index (χ0v) is 14.4. The maximum atomic E-state index is 12.0. The Morgan fingerprint density at radius 2 is 1.96 bits per heavy atom. The molecule has 0 aromatic carbocycles. The Hall–Kier alpha value is -1.89. The highest BCUT2D eigenvalue weighted by Gasteiger charge is 2.30. The average molecular weight is 340 g/mol. The number of hydrogen-bond donors (Lipinski definition) is 3. The standard InChI is InChI=1S/C16H24N2O4S/c1-3-16(4-2,10-14(20)21)18-13(19)6-5-8-17-15(22)12-7-9-23-11-12/h7,9,11H,3-6,8,10H2,1-2H3,(H,17,22)(H,18,19)(H,20,21). The third-order valence-corrected chi connectivity index (χ3v) is 4.58. The fourth-order valence-electron chi connectivity index (χ4n) is 2.32. The number of nitrogens with one attached hydrogen (secondary N) is 2. The Kier molecular flexibility index (Phi) is 7.74. The van der Waals surface area contributed by atoms with Crippen LogP contribution in [-0.4, -0.2) is 35.0 Å². The van der Waals surface area contributed by atoms with Crippen LogP contribution in [0.15, 0.2) is 16.8 Å². The van der Waals surface area contributed by atoms with Gasteiger partial charge >= 0.3 is 5.97 Å². The van der Waals surface area contributed by atoms with E-state index >= 15 is 0 Å². The van der Waals surface area contributed by atoms with Crippen molar-refractivity contribution in [3.63, 3.8) is 0 Å². The summed E-state index contributed by atoms with van der Waals surface area (Å²) in [5, 5.41) is 18.2. The van der Waals surface area contributed by atoms with Gasteiger partial charge in [-0.25, -0.2) is 0 Å². The van der Waals surface area contributed by atoms with Gasteiger partial charge in [0, 0.05) is 29.4 Å². The lowest BCUT2D eigenvalue weighted by Gasteiger charge is -2.31. The number of aliphatic carboxylic acids is 1. The first kappa shape index (κ1) is 19.2. The van der Waals surface area contributed by atoms with Crippen molar-refractivity contribution in [2.24, 2.45) is 0 Å². The summed E-state index contributed by atoms with van der Waals surface area (Å²) in [6, 6.07) is 1.75. The van der Waals surface area contributed by atoms with Crippen molar-refractivity contribution in [2.45, 2.75) is 51.5 Å². The van der Waals surface area contributed by atoms with Crippen molar-refractivity contribution in [3.05, 3.63) is 22.4 Å². The number of amides is 2. The Bertz CT molecular complexity index is 524. The molecule has 0 radical (unpaired) electrons. The van der Waals surface area contributed by atoms with Gasteiger partial charge in [-0.05, 0) is 30.7 Å². The third kappa shape index (κ3) is 6.40. The van der Waals surface area contributed by atoms with Crippen LogP contribution in [0.3, 0.4) is 0 Å². The normalized spacial score (nSPS) is 11.0. The molecule has 6 nitrogen and oxygen atoms in total. The summed E-state index contributed by atoms with van der Waals surface area (Å²) >= 11 is 1.46. The first-order valence-electron chi connectivity index (χ1n) is 7.75. The molecule has 3 N–H and O–H groups in total. The molecule has 2 amide bonds. The number of rotatable bonds is 10. The number of hydrogen-bond acceptors (Lipinski definition) is 4. The molecule has 0 aliphatic heterocycles. The molecule has 1 heterocycles. The van der Waals surface area contributed by atoms with Gasteiger partial charge in [0.1, 0.15) is 0 Å². The van der Waals surface area contributed by atoms with E-state index < -0.39 is 11.5 Å². The minimum absolute atomic E-state index is 0.0827. The first-order chi connectivity index (χ1) is 10.9. The van der Waals surface area contributed by atoms with Gasteiger partial charge in [0.05, 0.1) is 6.42 Å². The van der Waals surface area contributed by atoms with Gasteiger partial charge < -0.3 is 15.7 Å². The van der Waals surface area contributed by atoms with E-state index in [1.54, 1.807) is 11.4 Å². The van der Waals surface area contributed by atoms with Crippen LogP contribution in [-0.2, 0) is 9.59 Å². The van der Waals surface area contributed by atoms with Gasteiger partial charge in [-0.15, -0.1) is 0 Å². The fraction of sp³-hybridized carbons (Fsp3) is 0.562. The van der Waals surface area contributed by atoms with E-state index in [0.29, 0.717) is 31.4 Å². The van der Waals surface area contributed by atoms with Crippen molar-refractivity contribution in [2.75, 3.05) is 6.54 Å². The Morgan fingerprint density at radius 3 is 2.48 bits per heavy atom. The van der Waals surface area contributed by atoms with Gasteiger partial charge in [0.2, 0.25) is 5.91 Å². The van der Waals surface area contributed by atoms with E-state index in [1.165, 1.54) is 11.3 Å². The minimum atomic E-state index is -0.919. The second kappa shape index (κ2) is 9.29. The smallest absolute Gasteiger partial charge is 0.305 e. The molecule has 0 aliphatic carbocycles. The van der Waals surface area contributed by atoms with Crippen LogP contribution in [0.25, 0.3) is 0 Å². The highest BCUT2D eigenvalue weighted by Crippen LogP contribution is 2.20. The molecule has 0 bridgehead atoms. The molecule has 1 rings (SSSR count). The maximum absolute atomic E-state index is 12.0. The first-order valence-corrected chi connectivity index (χ1v) is 8.70. The Labute approximate surface area is 140 Å². The molecule has 0 saturated carbocycles. The molecule has 0 atom stereocenters. The summed E-state index contributed by atoms with van der Waals surface area (Å²) in [7, 11) is 0. The Morgan fingerprint density at radius 1 is 1.26 bits per heavy atom. The summed E-state index contributed by atoms with van der Waals surface area (Å²) in [4.78, 5) is 34.7. The predicted molar refractivity (Wildman–Crippen MR) is 89.6 cm³/mol. The molecule has 1 aromatic heterocycles. The van der Waals surface area contributed by atoms with Crippen LogP contribution in [0.4, 0.5) is 0 Å². The van der Waals surface area contributed by atoms with Crippen LogP contribution in [0, 0.1) is 0 Å². The van der Waals surface area contributed by atoms with Crippen LogP contribution < -0.4 is 10.6 Å². The molecular formula is C16H24N2O4S. The van der Waals surface area contributed by atoms with E-state index in [9.17, 15) is 14.4 Å². The minimum Gasteiger partial charge on any atom is -0.481 e. The van der Waals surface area contributed by atoms with Gasteiger partial charge in [0.15, 0.2) is 0 Å². The molecule has 0 unspecified atom stereocenters. The molecule has 0 spiro atoms. The average Bonchev–Trinajstić information content (AvgIpc) is 3.04. The van der Waals surface area contributed by atoms with Crippen LogP contribution in [0.1, 0.15) is 56.3 Å². The summed E-state index contributed by atoms with van der Waals surface area (Å²) in [5.41, 5.74) is -0.0695. The number of thiophene rings is 1. The van der Waals surface area contributed by atoms with E-state index in [4.69, 9.17) is 5.11 Å². The highest BCUT2D eigenvalue weighted by molar-refractivity contribution is 7.08. The second-order valence-corrected chi connectivity index (χ2v) is 6.26. The van der Waals surface area contributed by atoms with Crippen molar-refractivity contribution >= 4 is 29.1 Å². The zero-order chi connectivity index (χ0) is 17.3. The van der Waals surface area contributed by atoms with E-state index in [2.05, 4.69) is 10.6 Å². The monoisotopic (exact) mass is 340 g/mol. The van der Waals surface area contributed by atoms with Gasteiger partial charge in [-0.2, -0.15) is 11.3 Å². The lowest BCUT2D eigenvalue weighted by molar-refractivity contribution is -0.139. The van der Waals surface area contributed by atoms with E-state index in [0.717, 1.165) is 0 Å². The van der Waals surface area contributed by atoms with Gasteiger partial charge in [-0.3, -0.25) is 14.4 Å². The molecule has 0 saturated heterocycles. The SMILES string of the molecule is CCC(CC)(CC(=O)O)NC(=O)CCCNC(=O)c1ccsc1. The molecule has 1 aromatic rings. The quantitative estimate of drug-likeness (QED) is 0.570. The lowest BCUT2D eigenvalue weighted by atomic mass is 9.88. The number of carbonyl (C=O) groups excluding carboxylic acids is 2. The molecule has 0 fully saturated rings. The number of carboxylic acid groups (broad SMARTS) is 1. The summed E-state index contributed by atoms with van der Waals surface area (Å²) < 4.78 is 0. The molecule has 23 heavy (non-hydrogen) atoms. The molecule has 0 aliphatic rings. The summed E-state index contributed by atoms with van der Waals surface area (Å²) in [6.45, 7) is 4.15. The van der Waals surface area contributed by atoms with Crippen molar-refractivity contribution < 1.29 is 19.5 Å². The summed E-state index contributed by atoms with van der Waals surface area (Å²) in [5.74, 6) is -1.24. The third-order valence-electron chi connectivity index (χ3n) is 3.90. The number of carboxylic acids is 1. The van der Waals surface area contributed by atoms with Crippen LogP contribution in [0.5, 0.6) is 0 Å². The van der Waals surface area contributed by atoms with Crippen LogP contribution >= 0.6 is 11.3 Å². The predicted octanol–water partition coefficient (Wildman–Crippen LogP) is 2.41. The zero-order valence-electron chi connectivity index (χ0n) is 13.6. The maximum Gasteiger partial charge on any atom is 0.305 e. The van der Waals surface area contributed by atoms with Crippen molar-refractivity contribution in [1.82, 2.24) is 10.6 Å². The number of carbonyl (C=O) groups is 3. The molecular weight excluding hydrogens is 316 g/mol. The fourth-order valence-corrected chi connectivity index (χ4v) is 2.95. The highest BCUT2D eigenvalue weighted by atomic mass is 32.1. The topological polar surface area (TPSA) is 95.5 Å². The lowest BCUT2D eigenvalue weighted by Crippen LogP contribution is -2.49. The largest absolute Gasteiger partial charge is 0.481 e. The van der Waals surface area contributed by atoms with Crippen LogP contribution in [0.2, 0.25) is 0 Å². The van der Waals surface area contributed by atoms with Crippen molar-refractivity contribution in [3.8, 4) is 0 Å². The second-order valence-electron chi connectivity index (χ2n) is 5.48. The van der Waals surface area contributed by atoms with E-state index in [1.807, 2.05) is 19.2 Å². The van der Waals surface area contributed by atoms with Gasteiger partial charge in [-0.1, -0.05) is 13.8 Å². The van der Waals surface area contributed by atoms with Crippen molar-refractivity contribution in [1.29, 1.82) is 0 Å². The summed E-state index contributed by atoms with van der Waals surface area (Å²) in [6.07, 6.45) is 1.82. The molecule has 7 heteroatoms.